The van der Waals surface area contributed by atoms with E-state index >= 15 is 0 Å². The minimum Gasteiger partial charge on any atom is -0.368 e. The van der Waals surface area contributed by atoms with Gasteiger partial charge in [0, 0.05) is 6.42 Å². The Kier molecular flexibility index (Phi) is 7.42. The first-order valence-corrected chi connectivity index (χ1v) is 7.14. The van der Waals surface area contributed by atoms with Gasteiger partial charge in [-0.2, -0.15) is 0 Å². The molecule has 0 radical (unpaired) electrons. The summed E-state index contributed by atoms with van der Waals surface area (Å²) in [5, 5.41) is 2.62. The van der Waals surface area contributed by atoms with Crippen LogP contribution in [-0.2, 0) is 16.0 Å². The van der Waals surface area contributed by atoms with Crippen LogP contribution in [0.2, 0.25) is 0 Å². The first kappa shape index (κ1) is 17.1. The molecular weight excluding hydrogens is 268 g/mol. The maximum absolute atomic E-state index is 12.0. The number of carbonyl (C=O) groups excluding carboxylic acids is 2. The Morgan fingerprint density at radius 1 is 1.14 bits per heavy atom. The zero-order valence-electron chi connectivity index (χ0n) is 12.1. The summed E-state index contributed by atoms with van der Waals surface area (Å²) in [6, 6.07) is 7.98. The zero-order valence-corrected chi connectivity index (χ0v) is 12.1. The van der Waals surface area contributed by atoms with Crippen LogP contribution in [-0.4, -0.2) is 30.4 Å². The fraction of sp³-hybridized carbons (Fsp3) is 0.467. The standard InChI is InChI=1S/C15H24N4O2/c16-9-5-4-8-12(17)15(21)19-13(14(18)20)10-11-6-2-1-3-7-11/h1-3,6-7,12-13H,4-5,8-10,16-17H2,(H2,18,20)(H,19,21)/t12-,13?/m0/s1. The van der Waals surface area contributed by atoms with Crippen molar-refractivity contribution in [2.45, 2.75) is 37.8 Å². The van der Waals surface area contributed by atoms with E-state index in [1.165, 1.54) is 0 Å². The van der Waals surface area contributed by atoms with Gasteiger partial charge in [0.1, 0.15) is 6.04 Å². The van der Waals surface area contributed by atoms with E-state index in [9.17, 15) is 9.59 Å². The fourth-order valence-electron chi connectivity index (χ4n) is 1.99. The van der Waals surface area contributed by atoms with Gasteiger partial charge in [-0.15, -0.1) is 0 Å². The van der Waals surface area contributed by atoms with Gasteiger partial charge in [0.05, 0.1) is 6.04 Å². The summed E-state index contributed by atoms with van der Waals surface area (Å²) in [5.41, 5.74) is 17.5. The Morgan fingerprint density at radius 3 is 2.38 bits per heavy atom. The van der Waals surface area contributed by atoms with Crippen LogP contribution >= 0.6 is 0 Å². The number of nitrogens with two attached hydrogens (primary N) is 3. The molecule has 0 spiro atoms. The average molecular weight is 292 g/mol. The highest BCUT2D eigenvalue weighted by atomic mass is 16.2. The third kappa shape index (κ3) is 6.37. The van der Waals surface area contributed by atoms with Crippen LogP contribution in [0.25, 0.3) is 0 Å². The van der Waals surface area contributed by atoms with E-state index in [4.69, 9.17) is 17.2 Å². The van der Waals surface area contributed by atoms with Gasteiger partial charge in [-0.05, 0) is 24.9 Å². The third-order valence-corrected chi connectivity index (χ3v) is 3.25. The van der Waals surface area contributed by atoms with Gasteiger partial charge in [-0.1, -0.05) is 36.8 Å². The van der Waals surface area contributed by atoms with Crippen molar-refractivity contribution in [3.8, 4) is 0 Å². The summed E-state index contributed by atoms with van der Waals surface area (Å²) in [4.78, 5) is 23.4. The van der Waals surface area contributed by atoms with Gasteiger partial charge < -0.3 is 22.5 Å². The Bertz CT molecular complexity index is 450. The molecule has 0 fully saturated rings. The Morgan fingerprint density at radius 2 is 1.81 bits per heavy atom. The van der Waals surface area contributed by atoms with Gasteiger partial charge in [-0.25, -0.2) is 0 Å². The Hall–Kier alpha value is -1.92. The second-order valence-electron chi connectivity index (χ2n) is 5.04. The lowest BCUT2D eigenvalue weighted by atomic mass is 10.0. The molecule has 6 heteroatoms. The van der Waals surface area contributed by atoms with Gasteiger partial charge in [0.15, 0.2) is 0 Å². The van der Waals surface area contributed by atoms with E-state index in [-0.39, 0.29) is 5.91 Å². The number of carbonyl (C=O) groups is 2. The summed E-state index contributed by atoms with van der Waals surface area (Å²) >= 11 is 0. The largest absolute Gasteiger partial charge is 0.368 e. The topological polar surface area (TPSA) is 124 Å². The van der Waals surface area contributed by atoms with E-state index in [1.54, 1.807) is 0 Å². The molecule has 0 aliphatic rings. The minimum absolute atomic E-state index is 0.355. The fourth-order valence-corrected chi connectivity index (χ4v) is 1.99. The summed E-state index contributed by atoms with van der Waals surface area (Å²) in [7, 11) is 0. The molecule has 2 amide bonds. The molecular formula is C15H24N4O2. The number of hydrogen-bond acceptors (Lipinski definition) is 4. The maximum Gasteiger partial charge on any atom is 0.240 e. The Balaban J connectivity index is 2.54. The van der Waals surface area contributed by atoms with Crippen LogP contribution in [0.1, 0.15) is 24.8 Å². The van der Waals surface area contributed by atoms with Crippen molar-refractivity contribution >= 4 is 11.8 Å². The molecule has 0 aliphatic carbocycles. The summed E-state index contributed by atoms with van der Waals surface area (Å²) in [5.74, 6) is -0.923. The van der Waals surface area contributed by atoms with Crippen molar-refractivity contribution in [3.05, 3.63) is 35.9 Å². The molecule has 0 saturated carbocycles. The van der Waals surface area contributed by atoms with E-state index in [0.717, 1.165) is 18.4 Å². The smallest absolute Gasteiger partial charge is 0.240 e. The maximum atomic E-state index is 12.0. The predicted octanol–water partition coefficient (Wildman–Crippen LogP) is -0.344. The molecule has 2 atom stereocenters. The van der Waals surface area contributed by atoms with Crippen molar-refractivity contribution in [1.29, 1.82) is 0 Å². The van der Waals surface area contributed by atoms with E-state index in [1.807, 2.05) is 30.3 Å². The van der Waals surface area contributed by atoms with Gasteiger partial charge in [0.2, 0.25) is 11.8 Å². The molecule has 21 heavy (non-hydrogen) atoms. The lowest BCUT2D eigenvalue weighted by Gasteiger charge is -2.18. The minimum atomic E-state index is -0.750. The van der Waals surface area contributed by atoms with Crippen LogP contribution in [0.3, 0.4) is 0 Å². The van der Waals surface area contributed by atoms with E-state index < -0.39 is 18.0 Å². The molecule has 0 bridgehead atoms. The van der Waals surface area contributed by atoms with Gasteiger partial charge in [0.25, 0.3) is 0 Å². The SMILES string of the molecule is NCCCC[C@H](N)C(=O)NC(Cc1ccccc1)C(N)=O. The van der Waals surface area contributed by atoms with Crippen LogP contribution in [0.4, 0.5) is 0 Å². The lowest BCUT2D eigenvalue weighted by molar-refractivity contribution is -0.128. The first-order chi connectivity index (χ1) is 10.0. The van der Waals surface area contributed by atoms with Crippen LogP contribution in [0, 0.1) is 0 Å². The third-order valence-electron chi connectivity index (χ3n) is 3.25. The molecule has 1 aromatic rings. The quantitative estimate of drug-likeness (QED) is 0.464. The predicted molar refractivity (Wildman–Crippen MR) is 82.2 cm³/mol. The van der Waals surface area contributed by atoms with Crippen LogP contribution in [0.15, 0.2) is 30.3 Å². The van der Waals surface area contributed by atoms with Crippen molar-refractivity contribution in [2.24, 2.45) is 17.2 Å². The van der Waals surface area contributed by atoms with Crippen molar-refractivity contribution in [2.75, 3.05) is 6.54 Å². The van der Waals surface area contributed by atoms with Gasteiger partial charge in [-0.3, -0.25) is 9.59 Å². The number of primary amides is 1. The highest BCUT2D eigenvalue weighted by Gasteiger charge is 2.21. The lowest BCUT2D eigenvalue weighted by Crippen LogP contribution is -2.51. The monoisotopic (exact) mass is 292 g/mol. The average Bonchev–Trinajstić information content (AvgIpc) is 2.47. The summed E-state index contributed by atoms with van der Waals surface area (Å²) in [6.45, 7) is 0.576. The molecule has 1 rings (SSSR count). The Labute approximate surface area is 125 Å². The molecule has 1 aromatic carbocycles. The number of hydrogen-bond donors (Lipinski definition) is 4. The second kappa shape index (κ2) is 9.10. The summed E-state index contributed by atoms with van der Waals surface area (Å²) < 4.78 is 0. The van der Waals surface area contributed by atoms with Crippen LogP contribution in [0.5, 0.6) is 0 Å². The molecule has 0 aromatic heterocycles. The molecule has 0 saturated heterocycles. The number of benzene rings is 1. The van der Waals surface area contributed by atoms with Gasteiger partial charge >= 0.3 is 0 Å². The second-order valence-corrected chi connectivity index (χ2v) is 5.04. The molecule has 6 nitrogen and oxygen atoms in total. The molecule has 116 valence electrons. The van der Waals surface area contributed by atoms with Crippen LogP contribution < -0.4 is 22.5 Å². The summed E-state index contributed by atoms with van der Waals surface area (Å²) in [6.07, 6.45) is 2.51. The highest BCUT2D eigenvalue weighted by Crippen LogP contribution is 2.04. The first-order valence-electron chi connectivity index (χ1n) is 7.14. The zero-order chi connectivity index (χ0) is 15.7. The van der Waals surface area contributed by atoms with Crippen molar-refractivity contribution in [3.63, 3.8) is 0 Å². The normalized spacial score (nSPS) is 13.4. The highest BCUT2D eigenvalue weighted by molar-refractivity contribution is 5.89. The van der Waals surface area contributed by atoms with E-state index in [0.29, 0.717) is 19.4 Å². The number of rotatable bonds is 9. The van der Waals surface area contributed by atoms with E-state index in [2.05, 4.69) is 5.32 Å². The molecule has 0 heterocycles. The van der Waals surface area contributed by atoms with Crippen molar-refractivity contribution < 1.29 is 9.59 Å². The number of amides is 2. The molecule has 1 unspecified atom stereocenters. The number of nitrogens with one attached hydrogen (secondary N) is 1. The van der Waals surface area contributed by atoms with Crippen molar-refractivity contribution in [1.82, 2.24) is 5.32 Å². The molecule has 0 aliphatic heterocycles. The number of unbranched alkanes of at least 4 members (excludes halogenated alkanes) is 1. The molecule has 7 N–H and O–H groups in total.